The van der Waals surface area contributed by atoms with Gasteiger partial charge in [-0.05, 0) is 19.9 Å². The summed E-state index contributed by atoms with van der Waals surface area (Å²) >= 11 is 0. The normalized spacial score (nSPS) is 17.6. The Morgan fingerprint density at radius 1 is 1.37 bits per heavy atom. The number of nitrogens with zero attached hydrogens (tertiary/aromatic N) is 3. The zero-order chi connectivity index (χ0) is 18.8. The minimum absolute atomic E-state index is 0. The molecule has 27 heavy (non-hydrogen) atoms. The molecule has 1 unspecified atom stereocenters. The van der Waals surface area contributed by atoms with Crippen molar-refractivity contribution in [3.8, 4) is 5.88 Å². The Morgan fingerprint density at radius 3 is 2.78 bits per heavy atom. The molecule has 1 aliphatic rings. The molecule has 9 heteroatoms. The maximum Gasteiger partial charge on any atom is 0.213 e. The van der Waals surface area contributed by atoms with Gasteiger partial charge in [0.1, 0.15) is 0 Å². The van der Waals surface area contributed by atoms with E-state index in [1.54, 1.807) is 13.2 Å². The number of pyridine rings is 1. The second-order valence-corrected chi connectivity index (χ2v) is 6.61. The molecular formula is C18H32IN5O3. The van der Waals surface area contributed by atoms with Crippen LogP contribution in [0.2, 0.25) is 0 Å². The molecule has 3 N–H and O–H groups in total. The summed E-state index contributed by atoms with van der Waals surface area (Å²) in [5.74, 6) is 1.23. The average Bonchev–Trinajstić information content (AvgIpc) is 2.64. The molecule has 1 atom stereocenters. The van der Waals surface area contributed by atoms with Gasteiger partial charge < -0.3 is 25.2 Å². The number of aromatic nitrogens is 1. The van der Waals surface area contributed by atoms with E-state index in [9.17, 15) is 5.11 Å². The van der Waals surface area contributed by atoms with Crippen molar-refractivity contribution >= 4 is 29.9 Å². The maximum absolute atomic E-state index is 10.7. The maximum atomic E-state index is 10.7. The smallest absolute Gasteiger partial charge is 0.213 e. The van der Waals surface area contributed by atoms with E-state index >= 15 is 0 Å². The van der Waals surface area contributed by atoms with Crippen LogP contribution in [-0.2, 0) is 11.3 Å². The highest BCUT2D eigenvalue weighted by Crippen LogP contribution is 2.09. The minimum atomic E-state index is -0.859. The van der Waals surface area contributed by atoms with Crippen LogP contribution < -0.4 is 15.4 Å². The molecule has 2 rings (SSSR count). The lowest BCUT2D eigenvalue weighted by Crippen LogP contribution is -2.52. The van der Waals surface area contributed by atoms with Gasteiger partial charge in [-0.25, -0.2) is 9.98 Å². The molecule has 0 saturated carbocycles. The predicted octanol–water partition coefficient (Wildman–Crippen LogP) is 0.846. The molecule has 154 valence electrons. The number of nitrogens with one attached hydrogen (secondary N) is 2. The number of rotatable bonds is 8. The van der Waals surface area contributed by atoms with E-state index in [1.165, 1.54) is 0 Å². The number of aliphatic hydroxyl groups is 1. The zero-order valence-corrected chi connectivity index (χ0v) is 18.7. The van der Waals surface area contributed by atoms with E-state index in [0.717, 1.165) is 38.5 Å². The highest BCUT2D eigenvalue weighted by atomic mass is 127. The Labute approximate surface area is 178 Å². The average molecular weight is 493 g/mol. The molecule has 2 heterocycles. The number of halogens is 1. The highest BCUT2D eigenvalue weighted by Gasteiger charge is 2.25. The zero-order valence-electron chi connectivity index (χ0n) is 16.4. The molecule has 0 aliphatic carbocycles. The number of aliphatic imine (C=N–C) groups is 1. The minimum Gasteiger partial charge on any atom is -0.481 e. The Kier molecular flexibility index (Phi) is 10.9. The Bertz CT molecular complexity index is 580. The van der Waals surface area contributed by atoms with Gasteiger partial charge in [0, 0.05) is 38.8 Å². The number of hydrogen-bond acceptors (Lipinski definition) is 6. The lowest BCUT2D eigenvalue weighted by atomic mass is 10.1. The molecule has 1 aromatic rings. The quantitative estimate of drug-likeness (QED) is 0.281. The van der Waals surface area contributed by atoms with Crippen LogP contribution in [-0.4, -0.2) is 79.6 Å². The van der Waals surface area contributed by atoms with E-state index < -0.39 is 5.60 Å². The van der Waals surface area contributed by atoms with E-state index in [-0.39, 0.29) is 24.0 Å². The van der Waals surface area contributed by atoms with Crippen LogP contribution in [0.4, 0.5) is 0 Å². The molecule has 1 aromatic heterocycles. The largest absolute Gasteiger partial charge is 0.481 e. The third-order valence-electron chi connectivity index (χ3n) is 4.04. The van der Waals surface area contributed by atoms with Crippen LogP contribution in [0.1, 0.15) is 19.5 Å². The lowest BCUT2D eigenvalue weighted by molar-refractivity contribution is -0.0201. The summed E-state index contributed by atoms with van der Waals surface area (Å²) in [7, 11) is 1.59. The summed E-state index contributed by atoms with van der Waals surface area (Å²) < 4.78 is 10.5. The van der Waals surface area contributed by atoms with Crippen molar-refractivity contribution in [2.75, 3.05) is 53.0 Å². The number of methoxy groups -OCH3 is 1. The fourth-order valence-electron chi connectivity index (χ4n) is 2.73. The van der Waals surface area contributed by atoms with E-state index in [2.05, 4.69) is 25.5 Å². The summed E-state index contributed by atoms with van der Waals surface area (Å²) in [6, 6.07) is 5.60. The number of β-amino-alcohol motifs (C(OH)–C–C–N with tert-alkyl or cyclic N) is 1. The van der Waals surface area contributed by atoms with Gasteiger partial charge in [0.05, 0.1) is 38.2 Å². The molecule has 0 radical (unpaired) electrons. The second kappa shape index (κ2) is 12.3. The molecule has 1 fully saturated rings. The molecule has 0 bridgehead atoms. The molecule has 1 aliphatic heterocycles. The first-order chi connectivity index (χ1) is 12.5. The third kappa shape index (κ3) is 9.04. The molecule has 0 amide bonds. The summed E-state index contributed by atoms with van der Waals surface area (Å²) in [6.07, 6.45) is 0. The SMILES string of the molecule is CCNC(=NCc1cccc(OC)n1)NCC(C)(O)CN1CCOCC1.I. The number of guanidine groups is 1. The molecule has 1 saturated heterocycles. The second-order valence-electron chi connectivity index (χ2n) is 6.61. The van der Waals surface area contributed by atoms with Crippen molar-refractivity contribution in [3.05, 3.63) is 23.9 Å². The van der Waals surface area contributed by atoms with Crippen LogP contribution in [0.15, 0.2) is 23.2 Å². The van der Waals surface area contributed by atoms with Crippen LogP contribution in [0.5, 0.6) is 5.88 Å². The van der Waals surface area contributed by atoms with Crippen molar-refractivity contribution in [1.29, 1.82) is 0 Å². The molecule has 0 spiro atoms. The van der Waals surface area contributed by atoms with Gasteiger partial charge in [0.15, 0.2) is 5.96 Å². The first-order valence-electron chi connectivity index (χ1n) is 9.07. The van der Waals surface area contributed by atoms with Crippen molar-refractivity contribution < 1.29 is 14.6 Å². The van der Waals surface area contributed by atoms with Crippen LogP contribution in [0.25, 0.3) is 0 Å². The standard InChI is InChI=1S/C18H31N5O3.HI/c1-4-19-17(20-12-15-6-5-7-16(22-15)25-3)21-13-18(2,24)14-23-8-10-26-11-9-23;/h5-7,24H,4,8-14H2,1-3H3,(H2,19,20,21);1H. The van der Waals surface area contributed by atoms with E-state index in [0.29, 0.717) is 31.5 Å². The van der Waals surface area contributed by atoms with Crippen molar-refractivity contribution in [3.63, 3.8) is 0 Å². The predicted molar refractivity (Wildman–Crippen MR) is 117 cm³/mol. The van der Waals surface area contributed by atoms with Crippen molar-refractivity contribution in [1.82, 2.24) is 20.5 Å². The van der Waals surface area contributed by atoms with Crippen molar-refractivity contribution in [2.24, 2.45) is 4.99 Å². The summed E-state index contributed by atoms with van der Waals surface area (Å²) in [5, 5.41) is 17.1. The number of ether oxygens (including phenoxy) is 2. The van der Waals surface area contributed by atoms with Crippen molar-refractivity contribution in [2.45, 2.75) is 26.0 Å². The van der Waals surface area contributed by atoms with Gasteiger partial charge in [0.2, 0.25) is 5.88 Å². The lowest BCUT2D eigenvalue weighted by Gasteiger charge is -2.34. The first-order valence-corrected chi connectivity index (χ1v) is 9.07. The number of morpholine rings is 1. The van der Waals surface area contributed by atoms with Gasteiger partial charge in [0.25, 0.3) is 0 Å². The topological polar surface area (TPSA) is 91.2 Å². The van der Waals surface area contributed by atoms with E-state index in [1.807, 2.05) is 26.0 Å². The Morgan fingerprint density at radius 2 is 2.11 bits per heavy atom. The summed E-state index contributed by atoms with van der Waals surface area (Å²) in [4.78, 5) is 11.1. The highest BCUT2D eigenvalue weighted by molar-refractivity contribution is 14.0. The molecular weight excluding hydrogens is 461 g/mol. The fourth-order valence-corrected chi connectivity index (χ4v) is 2.73. The fraction of sp³-hybridized carbons (Fsp3) is 0.667. The first kappa shape index (κ1) is 23.9. The molecule has 8 nitrogen and oxygen atoms in total. The molecule has 0 aromatic carbocycles. The van der Waals surface area contributed by atoms with Gasteiger partial charge in [-0.3, -0.25) is 4.90 Å². The third-order valence-corrected chi connectivity index (χ3v) is 4.04. The van der Waals surface area contributed by atoms with Gasteiger partial charge in [-0.1, -0.05) is 6.07 Å². The van der Waals surface area contributed by atoms with Gasteiger partial charge >= 0.3 is 0 Å². The van der Waals surface area contributed by atoms with E-state index in [4.69, 9.17) is 9.47 Å². The summed E-state index contributed by atoms with van der Waals surface area (Å²) in [5.41, 5.74) is -0.0384. The monoisotopic (exact) mass is 493 g/mol. The summed E-state index contributed by atoms with van der Waals surface area (Å²) in [6.45, 7) is 9.17. The van der Waals surface area contributed by atoms with Crippen LogP contribution in [0.3, 0.4) is 0 Å². The number of hydrogen-bond donors (Lipinski definition) is 3. The Balaban J connectivity index is 0.00000364. The van der Waals surface area contributed by atoms with Gasteiger partial charge in [-0.2, -0.15) is 0 Å². The van der Waals surface area contributed by atoms with Crippen LogP contribution >= 0.6 is 24.0 Å². The van der Waals surface area contributed by atoms with Gasteiger partial charge in [-0.15, -0.1) is 24.0 Å². The van der Waals surface area contributed by atoms with Crippen LogP contribution in [0, 0.1) is 0 Å². The Hall–Kier alpha value is -1.17.